The Labute approximate surface area is 158 Å². The Bertz CT molecular complexity index is 907. The summed E-state index contributed by atoms with van der Waals surface area (Å²) in [5.41, 5.74) is 3.21. The van der Waals surface area contributed by atoms with Crippen LogP contribution in [0.5, 0.6) is 0 Å². The molecule has 1 heterocycles. The maximum absolute atomic E-state index is 12.7. The molecule has 3 rings (SSSR count). The molecule has 0 spiro atoms. The van der Waals surface area contributed by atoms with Gasteiger partial charge in [-0.3, -0.25) is 4.79 Å². The third-order valence-corrected chi connectivity index (χ3v) is 4.21. The van der Waals surface area contributed by atoms with Gasteiger partial charge in [0, 0.05) is 22.6 Å². The van der Waals surface area contributed by atoms with Crippen LogP contribution in [0.25, 0.3) is 0 Å². The number of rotatable bonds is 5. The van der Waals surface area contributed by atoms with Crippen molar-refractivity contribution in [2.45, 2.75) is 19.8 Å². The summed E-state index contributed by atoms with van der Waals surface area (Å²) in [6.45, 7) is 4.27. The van der Waals surface area contributed by atoms with Gasteiger partial charge < -0.3 is 10.6 Å². The molecule has 1 amide bonds. The van der Waals surface area contributed by atoms with Gasteiger partial charge in [0.15, 0.2) is 0 Å². The van der Waals surface area contributed by atoms with Gasteiger partial charge in [-0.05, 0) is 53.9 Å². The Morgan fingerprint density at radius 3 is 2.46 bits per heavy atom. The van der Waals surface area contributed by atoms with Gasteiger partial charge in [-0.25, -0.2) is 4.98 Å². The number of anilines is 3. The van der Waals surface area contributed by atoms with Gasteiger partial charge in [-0.2, -0.15) is 0 Å². The van der Waals surface area contributed by atoms with E-state index in [9.17, 15) is 4.79 Å². The Balaban J connectivity index is 1.79. The summed E-state index contributed by atoms with van der Waals surface area (Å²) in [6.07, 6.45) is 1.64. The quantitative estimate of drug-likeness (QED) is 0.595. The van der Waals surface area contributed by atoms with Crippen molar-refractivity contribution >= 4 is 34.7 Å². The smallest absolute Gasteiger partial charge is 0.259 e. The lowest BCUT2D eigenvalue weighted by Crippen LogP contribution is -2.14. The first-order chi connectivity index (χ1) is 12.5. The lowest BCUT2D eigenvalue weighted by Gasteiger charge is -2.12. The van der Waals surface area contributed by atoms with E-state index in [-0.39, 0.29) is 5.91 Å². The molecule has 1 aromatic heterocycles. The first-order valence-electron chi connectivity index (χ1n) is 8.42. The van der Waals surface area contributed by atoms with E-state index in [2.05, 4.69) is 29.5 Å². The molecule has 4 nitrogen and oxygen atoms in total. The van der Waals surface area contributed by atoms with Crippen LogP contribution in [0, 0.1) is 0 Å². The lowest BCUT2D eigenvalue weighted by molar-refractivity contribution is 0.102. The highest BCUT2D eigenvalue weighted by molar-refractivity contribution is 6.30. The monoisotopic (exact) mass is 365 g/mol. The lowest BCUT2D eigenvalue weighted by atomic mass is 10.0. The Morgan fingerprint density at radius 1 is 1.00 bits per heavy atom. The number of carbonyl (C=O) groups is 1. The molecule has 0 saturated heterocycles. The predicted molar refractivity (Wildman–Crippen MR) is 107 cm³/mol. The van der Waals surface area contributed by atoms with Crippen molar-refractivity contribution in [1.82, 2.24) is 4.98 Å². The first-order valence-corrected chi connectivity index (χ1v) is 8.79. The summed E-state index contributed by atoms with van der Waals surface area (Å²) in [6, 6.07) is 18.6. The summed E-state index contributed by atoms with van der Waals surface area (Å²) in [7, 11) is 0. The minimum absolute atomic E-state index is 0.222. The highest BCUT2D eigenvalue weighted by atomic mass is 35.5. The minimum atomic E-state index is -0.222. The highest BCUT2D eigenvalue weighted by Crippen LogP contribution is 2.23. The van der Waals surface area contributed by atoms with Crippen molar-refractivity contribution in [3.8, 4) is 0 Å². The number of hydrogen-bond donors (Lipinski definition) is 2. The SMILES string of the molecule is CC(C)c1ccc(NC(=O)c2cccnc2Nc2cccc(Cl)c2)cc1. The fourth-order valence-electron chi connectivity index (χ4n) is 2.54. The fourth-order valence-corrected chi connectivity index (χ4v) is 2.73. The molecule has 2 aromatic carbocycles. The molecule has 0 fully saturated rings. The average molecular weight is 366 g/mol. The highest BCUT2D eigenvalue weighted by Gasteiger charge is 2.13. The zero-order valence-corrected chi connectivity index (χ0v) is 15.4. The van der Waals surface area contributed by atoms with Crippen LogP contribution < -0.4 is 10.6 Å². The molecule has 3 aromatic rings. The zero-order valence-electron chi connectivity index (χ0n) is 14.7. The first kappa shape index (κ1) is 18.0. The maximum Gasteiger partial charge on any atom is 0.259 e. The van der Waals surface area contributed by atoms with Gasteiger partial charge >= 0.3 is 0 Å². The number of benzene rings is 2. The second-order valence-electron chi connectivity index (χ2n) is 6.27. The summed E-state index contributed by atoms with van der Waals surface area (Å²) in [5.74, 6) is 0.706. The van der Waals surface area contributed by atoms with Gasteiger partial charge in [0.25, 0.3) is 5.91 Å². The molecule has 0 aliphatic heterocycles. The molecular formula is C21H20ClN3O. The second kappa shape index (κ2) is 8.02. The van der Waals surface area contributed by atoms with Crippen molar-refractivity contribution in [2.75, 3.05) is 10.6 Å². The minimum Gasteiger partial charge on any atom is -0.340 e. The van der Waals surface area contributed by atoms with Crippen LogP contribution in [0.15, 0.2) is 66.9 Å². The van der Waals surface area contributed by atoms with E-state index in [1.165, 1.54) is 5.56 Å². The van der Waals surface area contributed by atoms with Crippen LogP contribution in [0.3, 0.4) is 0 Å². The summed E-state index contributed by atoms with van der Waals surface area (Å²) < 4.78 is 0. The average Bonchev–Trinajstić information content (AvgIpc) is 2.62. The van der Waals surface area contributed by atoms with Crippen LogP contribution in [-0.2, 0) is 0 Å². The maximum atomic E-state index is 12.7. The molecule has 0 radical (unpaired) electrons. The molecule has 2 N–H and O–H groups in total. The van der Waals surface area contributed by atoms with Crippen molar-refractivity contribution in [3.05, 3.63) is 83.0 Å². The number of amides is 1. The standard InChI is InChI=1S/C21H20ClN3O/c1-14(2)15-8-10-17(11-9-15)25-21(26)19-7-4-12-23-20(19)24-18-6-3-5-16(22)13-18/h3-14H,1-2H3,(H,23,24)(H,25,26). The van der Waals surface area contributed by atoms with Gasteiger partial charge in [0.05, 0.1) is 5.56 Å². The number of aromatic nitrogens is 1. The van der Waals surface area contributed by atoms with Gasteiger partial charge in [-0.15, -0.1) is 0 Å². The van der Waals surface area contributed by atoms with E-state index in [1.54, 1.807) is 30.5 Å². The Kier molecular flexibility index (Phi) is 5.54. The molecule has 0 aliphatic carbocycles. The van der Waals surface area contributed by atoms with Crippen LogP contribution in [0.1, 0.15) is 35.7 Å². The number of nitrogens with one attached hydrogen (secondary N) is 2. The van der Waals surface area contributed by atoms with E-state index < -0.39 is 0 Å². The summed E-state index contributed by atoms with van der Waals surface area (Å²) in [4.78, 5) is 17.0. The van der Waals surface area contributed by atoms with E-state index in [0.29, 0.717) is 22.3 Å². The van der Waals surface area contributed by atoms with Crippen LogP contribution in [-0.4, -0.2) is 10.9 Å². The summed E-state index contributed by atoms with van der Waals surface area (Å²) >= 11 is 6.02. The van der Waals surface area contributed by atoms with Crippen LogP contribution in [0.2, 0.25) is 5.02 Å². The van der Waals surface area contributed by atoms with Crippen LogP contribution >= 0.6 is 11.6 Å². The third kappa shape index (κ3) is 4.41. The predicted octanol–water partition coefficient (Wildman–Crippen LogP) is 5.85. The zero-order chi connectivity index (χ0) is 18.5. The van der Waals surface area contributed by atoms with Gasteiger partial charge in [-0.1, -0.05) is 43.6 Å². The van der Waals surface area contributed by atoms with E-state index in [4.69, 9.17) is 11.6 Å². The summed E-state index contributed by atoms with van der Waals surface area (Å²) in [5, 5.41) is 6.68. The van der Waals surface area contributed by atoms with Crippen molar-refractivity contribution in [2.24, 2.45) is 0 Å². The fraction of sp³-hybridized carbons (Fsp3) is 0.143. The largest absolute Gasteiger partial charge is 0.340 e. The normalized spacial score (nSPS) is 10.6. The number of nitrogens with zero attached hydrogens (tertiary/aromatic N) is 1. The van der Waals surface area contributed by atoms with E-state index in [1.807, 2.05) is 36.4 Å². The molecule has 5 heteroatoms. The van der Waals surface area contributed by atoms with Gasteiger partial charge in [0.1, 0.15) is 5.82 Å². The van der Waals surface area contributed by atoms with Crippen LogP contribution in [0.4, 0.5) is 17.2 Å². The second-order valence-corrected chi connectivity index (χ2v) is 6.70. The van der Waals surface area contributed by atoms with Crippen molar-refractivity contribution in [3.63, 3.8) is 0 Å². The number of halogens is 1. The number of carbonyl (C=O) groups excluding carboxylic acids is 1. The Hall–Kier alpha value is -2.85. The molecule has 26 heavy (non-hydrogen) atoms. The van der Waals surface area contributed by atoms with Gasteiger partial charge in [0.2, 0.25) is 0 Å². The molecule has 0 unspecified atom stereocenters. The van der Waals surface area contributed by atoms with E-state index >= 15 is 0 Å². The third-order valence-electron chi connectivity index (χ3n) is 3.97. The van der Waals surface area contributed by atoms with Crippen molar-refractivity contribution < 1.29 is 4.79 Å². The molecule has 0 aliphatic rings. The topological polar surface area (TPSA) is 54.0 Å². The van der Waals surface area contributed by atoms with Crippen molar-refractivity contribution in [1.29, 1.82) is 0 Å². The van der Waals surface area contributed by atoms with E-state index in [0.717, 1.165) is 11.4 Å². The molecule has 0 bridgehead atoms. The Morgan fingerprint density at radius 2 is 1.77 bits per heavy atom. The number of pyridine rings is 1. The molecule has 0 saturated carbocycles. The molecule has 132 valence electrons. The molecular weight excluding hydrogens is 346 g/mol. The molecule has 0 atom stereocenters. The number of hydrogen-bond acceptors (Lipinski definition) is 3.